The van der Waals surface area contributed by atoms with Gasteiger partial charge < -0.3 is 10.5 Å². The highest BCUT2D eigenvalue weighted by Crippen LogP contribution is 2.54. The number of methoxy groups -OCH3 is 1. The number of rotatable bonds is 3. The van der Waals surface area contributed by atoms with Crippen LogP contribution in [0.25, 0.3) is 0 Å². The van der Waals surface area contributed by atoms with Crippen LogP contribution in [0.3, 0.4) is 0 Å². The number of nitriles is 3. The summed E-state index contributed by atoms with van der Waals surface area (Å²) >= 11 is 0. The van der Waals surface area contributed by atoms with Crippen molar-refractivity contribution in [3.8, 4) is 24.0 Å². The SMILES string of the molecule is CCN1CC=C2C(C#N)=C(N)C(C#N)(C#N)[C@@H](c3cc(OC)ccc3F)[C@H]2C1. The van der Waals surface area contributed by atoms with E-state index in [1.54, 1.807) is 0 Å². The minimum atomic E-state index is -1.85. The number of ether oxygens (including phenoxy) is 1. The molecule has 0 saturated carbocycles. The van der Waals surface area contributed by atoms with E-state index in [0.717, 1.165) is 6.54 Å². The lowest BCUT2D eigenvalue weighted by Gasteiger charge is -2.45. The van der Waals surface area contributed by atoms with Crippen molar-refractivity contribution in [3.63, 3.8) is 0 Å². The summed E-state index contributed by atoms with van der Waals surface area (Å²) in [5.74, 6) is -1.41. The van der Waals surface area contributed by atoms with Gasteiger partial charge in [-0.15, -0.1) is 0 Å². The zero-order chi connectivity index (χ0) is 20.5. The van der Waals surface area contributed by atoms with Crippen molar-refractivity contribution in [2.75, 3.05) is 26.7 Å². The first kappa shape index (κ1) is 19.4. The molecule has 7 heteroatoms. The Morgan fingerprint density at radius 1 is 1.32 bits per heavy atom. The van der Waals surface area contributed by atoms with E-state index in [9.17, 15) is 20.2 Å². The van der Waals surface area contributed by atoms with Crippen LogP contribution in [0.5, 0.6) is 5.75 Å². The normalized spacial score (nSPS) is 23.6. The molecule has 6 nitrogen and oxygen atoms in total. The molecule has 1 aromatic carbocycles. The third kappa shape index (κ3) is 2.71. The minimum absolute atomic E-state index is 0.111. The predicted octanol–water partition coefficient (Wildman–Crippen LogP) is 2.58. The molecule has 1 aromatic rings. The quantitative estimate of drug-likeness (QED) is 0.867. The number of hydrogen-bond acceptors (Lipinski definition) is 6. The van der Waals surface area contributed by atoms with E-state index in [1.807, 2.05) is 25.1 Å². The number of nitrogens with zero attached hydrogens (tertiary/aromatic N) is 4. The van der Waals surface area contributed by atoms with Gasteiger partial charge in [0.25, 0.3) is 0 Å². The van der Waals surface area contributed by atoms with E-state index in [1.165, 1.54) is 25.3 Å². The van der Waals surface area contributed by atoms with Gasteiger partial charge >= 0.3 is 0 Å². The molecule has 0 bridgehead atoms. The number of allylic oxidation sites excluding steroid dienone is 2. The predicted molar refractivity (Wildman–Crippen MR) is 99.9 cm³/mol. The Morgan fingerprint density at radius 3 is 2.61 bits per heavy atom. The first-order valence-corrected chi connectivity index (χ1v) is 8.96. The molecular formula is C21H20FN5O. The van der Waals surface area contributed by atoms with Crippen molar-refractivity contribution in [1.82, 2.24) is 4.90 Å². The van der Waals surface area contributed by atoms with Gasteiger partial charge in [0.15, 0.2) is 5.41 Å². The van der Waals surface area contributed by atoms with Gasteiger partial charge in [-0.3, -0.25) is 4.90 Å². The highest BCUT2D eigenvalue weighted by Gasteiger charge is 2.55. The first-order valence-electron chi connectivity index (χ1n) is 8.96. The molecule has 2 N–H and O–H groups in total. The van der Waals surface area contributed by atoms with Crippen LogP contribution in [0.2, 0.25) is 0 Å². The van der Waals surface area contributed by atoms with E-state index >= 15 is 0 Å². The molecular weight excluding hydrogens is 357 g/mol. The van der Waals surface area contributed by atoms with Crippen molar-refractivity contribution in [2.45, 2.75) is 12.8 Å². The molecule has 0 unspecified atom stereocenters. The van der Waals surface area contributed by atoms with E-state index in [2.05, 4.69) is 11.0 Å². The van der Waals surface area contributed by atoms with E-state index < -0.39 is 23.1 Å². The van der Waals surface area contributed by atoms with Gasteiger partial charge in [0, 0.05) is 24.9 Å². The molecule has 2 aliphatic rings. The maximum absolute atomic E-state index is 14.9. The largest absolute Gasteiger partial charge is 0.497 e. The molecule has 0 spiro atoms. The molecule has 0 fully saturated rings. The fourth-order valence-corrected chi connectivity index (χ4v) is 4.23. The van der Waals surface area contributed by atoms with E-state index in [-0.39, 0.29) is 16.8 Å². The smallest absolute Gasteiger partial charge is 0.191 e. The van der Waals surface area contributed by atoms with Crippen LogP contribution in [0.15, 0.2) is 41.1 Å². The summed E-state index contributed by atoms with van der Waals surface area (Å²) in [5, 5.41) is 29.7. The van der Waals surface area contributed by atoms with Crippen molar-refractivity contribution in [2.24, 2.45) is 17.1 Å². The Morgan fingerprint density at radius 2 is 2.04 bits per heavy atom. The number of likely N-dealkylation sites (N-methyl/N-ethyl adjacent to an activating group) is 1. The molecule has 0 amide bonds. The Bertz CT molecular complexity index is 978. The molecule has 2 atom stereocenters. The number of hydrogen-bond donors (Lipinski definition) is 1. The lowest BCUT2D eigenvalue weighted by Crippen LogP contribution is -2.48. The molecule has 1 aliphatic carbocycles. The monoisotopic (exact) mass is 377 g/mol. The molecule has 3 rings (SSSR count). The Kier molecular flexibility index (Phi) is 5.10. The molecule has 0 aromatic heterocycles. The summed E-state index contributed by atoms with van der Waals surface area (Å²) in [6, 6.07) is 10.3. The van der Waals surface area contributed by atoms with Gasteiger partial charge in [0.2, 0.25) is 0 Å². The fourth-order valence-electron chi connectivity index (χ4n) is 4.23. The van der Waals surface area contributed by atoms with E-state index in [0.29, 0.717) is 24.4 Å². The van der Waals surface area contributed by atoms with Crippen LogP contribution >= 0.6 is 0 Å². The third-order valence-corrected chi connectivity index (χ3v) is 5.73. The fraction of sp³-hybridized carbons (Fsp3) is 0.381. The topological polar surface area (TPSA) is 110 Å². The summed E-state index contributed by atoms with van der Waals surface area (Å²) in [6.45, 7) is 3.87. The zero-order valence-corrected chi connectivity index (χ0v) is 15.7. The van der Waals surface area contributed by atoms with Crippen molar-refractivity contribution in [1.29, 1.82) is 15.8 Å². The van der Waals surface area contributed by atoms with Gasteiger partial charge in [-0.1, -0.05) is 13.0 Å². The van der Waals surface area contributed by atoms with Gasteiger partial charge in [-0.05, 0) is 35.9 Å². The molecule has 1 aliphatic heterocycles. The summed E-state index contributed by atoms with van der Waals surface area (Å²) < 4.78 is 20.2. The van der Waals surface area contributed by atoms with Gasteiger partial charge in [-0.25, -0.2) is 4.39 Å². The van der Waals surface area contributed by atoms with Crippen LogP contribution < -0.4 is 10.5 Å². The minimum Gasteiger partial charge on any atom is -0.497 e. The lowest BCUT2D eigenvalue weighted by atomic mass is 9.58. The van der Waals surface area contributed by atoms with Crippen LogP contribution in [0, 0.1) is 51.1 Å². The molecule has 1 heterocycles. The van der Waals surface area contributed by atoms with Gasteiger partial charge in [-0.2, -0.15) is 15.8 Å². The number of fused-ring (bicyclic) bond motifs is 1. The Labute approximate surface area is 163 Å². The average molecular weight is 377 g/mol. The van der Waals surface area contributed by atoms with Crippen molar-refractivity contribution >= 4 is 0 Å². The zero-order valence-electron chi connectivity index (χ0n) is 15.7. The highest BCUT2D eigenvalue weighted by molar-refractivity contribution is 5.59. The van der Waals surface area contributed by atoms with E-state index in [4.69, 9.17) is 10.5 Å². The highest BCUT2D eigenvalue weighted by atomic mass is 19.1. The van der Waals surface area contributed by atoms with Crippen molar-refractivity contribution in [3.05, 3.63) is 52.5 Å². The first-order chi connectivity index (χ1) is 13.5. The summed E-state index contributed by atoms with van der Waals surface area (Å²) in [5.41, 5.74) is 5.28. The van der Waals surface area contributed by atoms with Gasteiger partial charge in [0.1, 0.15) is 17.6 Å². The second-order valence-electron chi connectivity index (χ2n) is 6.92. The van der Waals surface area contributed by atoms with Crippen LogP contribution in [-0.4, -0.2) is 31.6 Å². The number of nitrogens with two attached hydrogens (primary N) is 1. The Hall–Kier alpha value is -3.34. The average Bonchev–Trinajstić information content (AvgIpc) is 2.73. The maximum atomic E-state index is 14.9. The standard InChI is InChI=1S/C21H20FN5O/c1-3-27-7-6-14-16(9-23)20(26)21(11-24,12-25)19(17(14)10-27)15-8-13(28-2)4-5-18(15)22/h4-6,8,17,19H,3,7,10,26H2,1-2H3/t17-,19-/m0/s1. The third-order valence-electron chi connectivity index (χ3n) is 5.73. The molecule has 28 heavy (non-hydrogen) atoms. The number of halogens is 1. The molecule has 142 valence electrons. The van der Waals surface area contributed by atoms with Crippen LogP contribution in [-0.2, 0) is 0 Å². The Balaban J connectivity index is 2.35. The second-order valence-corrected chi connectivity index (χ2v) is 6.92. The summed E-state index contributed by atoms with van der Waals surface area (Å²) in [6.07, 6.45) is 1.90. The molecule has 0 radical (unpaired) electrons. The summed E-state index contributed by atoms with van der Waals surface area (Å²) in [4.78, 5) is 2.12. The maximum Gasteiger partial charge on any atom is 0.191 e. The summed E-state index contributed by atoms with van der Waals surface area (Å²) in [7, 11) is 1.46. The van der Waals surface area contributed by atoms with Gasteiger partial charge in [0.05, 0.1) is 30.5 Å². The van der Waals surface area contributed by atoms with Crippen molar-refractivity contribution < 1.29 is 9.13 Å². The second kappa shape index (κ2) is 7.35. The molecule has 0 saturated heterocycles. The van der Waals surface area contributed by atoms with Crippen LogP contribution in [0.4, 0.5) is 4.39 Å². The number of benzene rings is 1. The van der Waals surface area contributed by atoms with Crippen LogP contribution in [0.1, 0.15) is 18.4 Å². The lowest BCUT2D eigenvalue weighted by molar-refractivity contribution is 0.212.